The minimum Gasteiger partial charge on any atom is -0.494 e. The van der Waals surface area contributed by atoms with Crippen molar-refractivity contribution in [3.05, 3.63) is 18.2 Å². The molecule has 1 heterocycles. The van der Waals surface area contributed by atoms with Crippen LogP contribution in [0.2, 0.25) is 0 Å². The smallest absolute Gasteiger partial charge is 0.121 e. The normalized spacial score (nSPS) is 19.4. The zero-order valence-electron chi connectivity index (χ0n) is 6.99. The van der Waals surface area contributed by atoms with Crippen LogP contribution in [0.1, 0.15) is 6.92 Å². The van der Waals surface area contributed by atoms with Crippen molar-refractivity contribution in [1.29, 1.82) is 0 Å². The van der Waals surface area contributed by atoms with Gasteiger partial charge in [0.2, 0.25) is 0 Å². The topological polar surface area (TPSA) is 21.6 Å². The first-order chi connectivity index (χ1) is 6.29. The Morgan fingerprint density at radius 1 is 1.62 bits per heavy atom. The van der Waals surface area contributed by atoms with Gasteiger partial charge in [0.05, 0.1) is 21.2 Å². The molecular weight excluding hydrogens is 226 g/mol. The van der Waals surface area contributed by atoms with Gasteiger partial charge in [-0.15, -0.1) is 0 Å². The summed E-state index contributed by atoms with van der Waals surface area (Å²) in [4.78, 5) is 1.14. The summed E-state index contributed by atoms with van der Waals surface area (Å²) in [7, 11) is 7.06. The van der Waals surface area contributed by atoms with Gasteiger partial charge in [-0.05, 0) is 40.5 Å². The molecule has 0 aromatic heterocycles. The Hall–Kier alpha value is -0.190. The minimum absolute atomic E-state index is 0.423. The molecule has 5 heteroatoms. The zero-order chi connectivity index (χ0) is 9.26. The van der Waals surface area contributed by atoms with E-state index in [0.29, 0.717) is 6.61 Å². The maximum atomic E-state index is 5.89. The van der Waals surface area contributed by atoms with Gasteiger partial charge in [0.1, 0.15) is 5.75 Å². The number of hydrogen-bond acceptors (Lipinski definition) is 3. The first kappa shape index (κ1) is 9.37. The third-order valence-corrected chi connectivity index (χ3v) is 4.52. The van der Waals surface area contributed by atoms with Crippen molar-refractivity contribution in [2.45, 2.75) is 11.8 Å². The van der Waals surface area contributed by atoms with Crippen LogP contribution < -0.4 is 4.74 Å². The number of rotatable bonds is 2. The third kappa shape index (κ3) is 2.00. The van der Waals surface area contributed by atoms with E-state index < -0.39 is 8.94 Å². The number of nitrogens with zero attached hydrogens (tertiary/aromatic N) is 1. The fraction of sp³-hybridized carbons (Fsp3) is 0.250. The van der Waals surface area contributed by atoms with Crippen LogP contribution in [-0.2, 0) is 8.94 Å². The molecule has 1 atom stereocenters. The molecule has 1 aliphatic rings. The van der Waals surface area contributed by atoms with Crippen LogP contribution in [0.25, 0.3) is 0 Å². The average molecular weight is 234 g/mol. The van der Waals surface area contributed by atoms with Crippen molar-refractivity contribution >= 4 is 36.1 Å². The second-order valence-electron chi connectivity index (χ2n) is 2.44. The fourth-order valence-corrected chi connectivity index (χ4v) is 3.98. The summed E-state index contributed by atoms with van der Waals surface area (Å²) in [5.41, 5.74) is 0.953. The molecule has 1 aromatic rings. The van der Waals surface area contributed by atoms with Crippen molar-refractivity contribution in [2.24, 2.45) is 4.36 Å². The minimum atomic E-state index is -0.423. The Labute approximate surface area is 87.6 Å². The molecular formula is C8H8ClNOS2. The number of benzene rings is 1. The lowest BCUT2D eigenvalue weighted by Gasteiger charge is -2.02. The van der Waals surface area contributed by atoms with E-state index in [1.54, 1.807) is 10.8 Å². The molecule has 2 rings (SSSR count). The van der Waals surface area contributed by atoms with E-state index in [2.05, 4.69) is 4.36 Å². The van der Waals surface area contributed by atoms with E-state index in [0.717, 1.165) is 16.3 Å². The predicted octanol–water partition coefficient (Wildman–Crippen LogP) is 3.69. The summed E-state index contributed by atoms with van der Waals surface area (Å²) >= 11 is 0. The van der Waals surface area contributed by atoms with Crippen molar-refractivity contribution < 1.29 is 4.74 Å². The highest BCUT2D eigenvalue weighted by Gasteiger charge is 2.13. The van der Waals surface area contributed by atoms with Gasteiger partial charge in [0.15, 0.2) is 0 Å². The molecule has 0 bridgehead atoms. The molecule has 70 valence electrons. The van der Waals surface area contributed by atoms with Gasteiger partial charge in [0.25, 0.3) is 0 Å². The van der Waals surface area contributed by atoms with Crippen LogP contribution in [-0.4, -0.2) is 6.61 Å². The van der Waals surface area contributed by atoms with E-state index in [9.17, 15) is 0 Å². The van der Waals surface area contributed by atoms with Gasteiger partial charge in [0, 0.05) is 11.0 Å². The quantitative estimate of drug-likeness (QED) is 0.727. The molecule has 0 saturated heterocycles. The standard InChI is InChI=1S/C8H8ClNOS2/c1-2-11-6-3-4-8-7(5-6)10-13(9)12-8/h3-5H,2H2,1H3. The Morgan fingerprint density at radius 2 is 2.46 bits per heavy atom. The Morgan fingerprint density at radius 3 is 3.23 bits per heavy atom. The summed E-state index contributed by atoms with van der Waals surface area (Å²) in [6.45, 7) is 2.64. The van der Waals surface area contributed by atoms with Crippen molar-refractivity contribution in [3.63, 3.8) is 0 Å². The monoisotopic (exact) mass is 233 g/mol. The van der Waals surface area contributed by atoms with E-state index in [-0.39, 0.29) is 0 Å². The Kier molecular flexibility index (Phi) is 2.81. The first-order valence-electron chi connectivity index (χ1n) is 3.87. The summed E-state index contributed by atoms with van der Waals surface area (Å²) in [6, 6.07) is 5.88. The molecule has 0 N–H and O–H groups in total. The van der Waals surface area contributed by atoms with Crippen LogP contribution >= 0.6 is 21.5 Å². The Bertz CT molecular complexity index is 367. The highest BCUT2D eigenvalue weighted by molar-refractivity contribution is 8.78. The maximum Gasteiger partial charge on any atom is 0.121 e. The summed E-state index contributed by atoms with van der Waals surface area (Å²) in [5, 5.41) is 0. The SMILES string of the molecule is CCOc1ccc2c(c1)N=S(Cl)S2. The molecule has 1 aliphatic heterocycles. The van der Waals surface area contributed by atoms with E-state index in [1.807, 2.05) is 25.1 Å². The Balaban J connectivity index is 2.32. The van der Waals surface area contributed by atoms with Crippen LogP contribution in [0.15, 0.2) is 27.5 Å². The largest absolute Gasteiger partial charge is 0.494 e. The highest BCUT2D eigenvalue weighted by Crippen LogP contribution is 2.43. The molecule has 2 nitrogen and oxygen atoms in total. The number of hydrogen-bond donors (Lipinski definition) is 0. The van der Waals surface area contributed by atoms with Crippen LogP contribution in [0.4, 0.5) is 5.69 Å². The van der Waals surface area contributed by atoms with Crippen LogP contribution in [0, 0.1) is 0 Å². The van der Waals surface area contributed by atoms with Gasteiger partial charge in [-0.3, -0.25) is 0 Å². The molecule has 1 aromatic carbocycles. The third-order valence-electron chi connectivity index (χ3n) is 1.57. The van der Waals surface area contributed by atoms with Gasteiger partial charge in [-0.1, -0.05) is 0 Å². The number of fused-ring (bicyclic) bond motifs is 1. The van der Waals surface area contributed by atoms with E-state index in [4.69, 9.17) is 15.4 Å². The van der Waals surface area contributed by atoms with Gasteiger partial charge in [-0.25, -0.2) is 4.36 Å². The van der Waals surface area contributed by atoms with Gasteiger partial charge >= 0.3 is 0 Å². The van der Waals surface area contributed by atoms with Gasteiger partial charge in [-0.2, -0.15) is 0 Å². The number of halogens is 1. The second-order valence-corrected chi connectivity index (χ2v) is 6.52. The molecule has 13 heavy (non-hydrogen) atoms. The maximum absolute atomic E-state index is 5.89. The van der Waals surface area contributed by atoms with Crippen LogP contribution in [0.5, 0.6) is 5.75 Å². The zero-order valence-corrected chi connectivity index (χ0v) is 9.38. The fourth-order valence-electron chi connectivity index (χ4n) is 1.07. The number of ether oxygens (including phenoxy) is 1. The summed E-state index contributed by atoms with van der Waals surface area (Å²) in [6.07, 6.45) is 0. The molecule has 0 aliphatic carbocycles. The second kappa shape index (κ2) is 3.90. The van der Waals surface area contributed by atoms with Crippen LogP contribution in [0.3, 0.4) is 0 Å². The van der Waals surface area contributed by atoms with E-state index >= 15 is 0 Å². The van der Waals surface area contributed by atoms with E-state index in [1.165, 1.54) is 0 Å². The van der Waals surface area contributed by atoms with Gasteiger partial charge < -0.3 is 4.74 Å². The highest BCUT2D eigenvalue weighted by atomic mass is 35.7. The first-order valence-corrected chi connectivity index (χ1v) is 7.21. The molecule has 0 radical (unpaired) electrons. The molecule has 0 saturated carbocycles. The summed E-state index contributed by atoms with van der Waals surface area (Å²) < 4.78 is 9.63. The molecule has 0 fully saturated rings. The lowest BCUT2D eigenvalue weighted by atomic mass is 10.3. The van der Waals surface area contributed by atoms with Crippen molar-refractivity contribution in [1.82, 2.24) is 0 Å². The molecule has 1 unspecified atom stereocenters. The predicted molar refractivity (Wildman–Crippen MR) is 58.8 cm³/mol. The summed E-state index contributed by atoms with van der Waals surface area (Å²) in [5.74, 6) is 0.862. The molecule has 0 spiro atoms. The molecule has 0 amide bonds. The lowest BCUT2D eigenvalue weighted by molar-refractivity contribution is 0.340. The lowest BCUT2D eigenvalue weighted by Crippen LogP contribution is -1.90. The average Bonchev–Trinajstić information content (AvgIpc) is 2.44. The van der Waals surface area contributed by atoms with Crippen molar-refractivity contribution in [2.75, 3.05) is 6.61 Å². The van der Waals surface area contributed by atoms with Crippen molar-refractivity contribution in [3.8, 4) is 5.75 Å².